The Kier molecular flexibility index (Phi) is 3.64. The highest BCUT2D eigenvalue weighted by atomic mass is 16.5. The van der Waals surface area contributed by atoms with Gasteiger partial charge in [0.1, 0.15) is 11.2 Å². The van der Waals surface area contributed by atoms with Crippen LogP contribution in [0.1, 0.15) is 21.1 Å². The van der Waals surface area contributed by atoms with Crippen LogP contribution < -0.4 is 10.9 Å². The molecule has 0 bridgehead atoms. The Morgan fingerprint density at radius 3 is 1.54 bits per heavy atom. The first-order valence-electron chi connectivity index (χ1n) is 6.67. The molecule has 0 N–H and O–H groups in total. The highest BCUT2D eigenvalue weighted by Crippen LogP contribution is 2.21. The van der Waals surface area contributed by atoms with Gasteiger partial charge in [0.2, 0.25) is 11.5 Å². The zero-order valence-electron chi connectivity index (χ0n) is 12.6. The van der Waals surface area contributed by atoms with Gasteiger partial charge < -0.3 is 18.3 Å². The number of methoxy groups -OCH3 is 2. The lowest BCUT2D eigenvalue weighted by Crippen LogP contribution is -2.11. The van der Waals surface area contributed by atoms with Gasteiger partial charge in [-0.15, -0.1) is 0 Å². The molecule has 0 spiro atoms. The second kappa shape index (κ2) is 5.65. The molecule has 0 saturated heterocycles. The van der Waals surface area contributed by atoms with E-state index in [1.54, 1.807) is 0 Å². The van der Waals surface area contributed by atoms with Crippen LogP contribution in [0.25, 0.3) is 21.9 Å². The summed E-state index contributed by atoms with van der Waals surface area (Å²) in [5.74, 6) is -2.22. The predicted molar refractivity (Wildman–Crippen MR) is 81.2 cm³/mol. The van der Waals surface area contributed by atoms with Gasteiger partial charge in [0.15, 0.2) is 10.9 Å². The van der Waals surface area contributed by atoms with Crippen LogP contribution in [0.15, 0.2) is 42.7 Å². The summed E-state index contributed by atoms with van der Waals surface area (Å²) in [7, 11) is 2.29. The molecule has 2 aromatic heterocycles. The first-order chi connectivity index (χ1) is 11.4. The second-order valence-corrected chi connectivity index (χ2v) is 4.78. The maximum atomic E-state index is 12.1. The Bertz CT molecular complexity index is 1020. The van der Waals surface area contributed by atoms with Gasteiger partial charge in [0, 0.05) is 18.2 Å². The number of hydrogen-bond acceptors (Lipinski definition) is 8. The molecule has 24 heavy (non-hydrogen) atoms. The monoisotopic (exact) mass is 330 g/mol. The minimum atomic E-state index is -0.820. The van der Waals surface area contributed by atoms with Gasteiger partial charge in [0.25, 0.3) is 0 Å². The van der Waals surface area contributed by atoms with Crippen molar-refractivity contribution in [1.82, 2.24) is 0 Å². The molecule has 0 aliphatic carbocycles. The highest BCUT2D eigenvalue weighted by Gasteiger charge is 2.17. The molecular weight excluding hydrogens is 320 g/mol. The van der Waals surface area contributed by atoms with E-state index in [1.165, 1.54) is 12.1 Å². The number of fused-ring (bicyclic) bond motifs is 2. The van der Waals surface area contributed by atoms with Crippen molar-refractivity contribution in [2.45, 2.75) is 0 Å². The van der Waals surface area contributed by atoms with Crippen molar-refractivity contribution in [2.75, 3.05) is 14.2 Å². The van der Waals surface area contributed by atoms with Crippen molar-refractivity contribution in [3.05, 3.63) is 56.2 Å². The molecule has 0 radical (unpaired) electrons. The molecule has 0 aliphatic heterocycles. The zero-order valence-corrected chi connectivity index (χ0v) is 12.6. The van der Waals surface area contributed by atoms with Gasteiger partial charge in [-0.2, -0.15) is 0 Å². The van der Waals surface area contributed by atoms with Gasteiger partial charge in [-0.3, -0.25) is 9.59 Å². The third-order valence-corrected chi connectivity index (χ3v) is 3.35. The molecule has 0 amide bonds. The molecule has 8 heteroatoms. The molecule has 0 saturated carbocycles. The van der Waals surface area contributed by atoms with Gasteiger partial charge in [-0.1, -0.05) is 0 Å². The van der Waals surface area contributed by atoms with E-state index in [-0.39, 0.29) is 33.5 Å². The van der Waals surface area contributed by atoms with Gasteiger partial charge in [-0.05, 0) is 6.07 Å². The maximum absolute atomic E-state index is 12.1. The molecular formula is C16H10O8. The first kappa shape index (κ1) is 15.5. The summed E-state index contributed by atoms with van der Waals surface area (Å²) in [6.45, 7) is 0. The summed E-state index contributed by atoms with van der Waals surface area (Å²) >= 11 is 0. The summed E-state index contributed by atoms with van der Waals surface area (Å²) in [6.07, 6.45) is 0. The zero-order chi connectivity index (χ0) is 17.4. The quantitative estimate of drug-likeness (QED) is 0.513. The molecule has 8 nitrogen and oxygen atoms in total. The van der Waals surface area contributed by atoms with Crippen LogP contribution in [0.4, 0.5) is 0 Å². The number of benzene rings is 1. The van der Waals surface area contributed by atoms with Crippen LogP contribution in [-0.2, 0) is 9.47 Å². The molecule has 0 aliphatic rings. The van der Waals surface area contributed by atoms with Crippen molar-refractivity contribution < 1.29 is 27.9 Å². The van der Waals surface area contributed by atoms with Crippen LogP contribution in [0.3, 0.4) is 0 Å². The number of hydrogen-bond donors (Lipinski definition) is 0. The molecule has 3 rings (SSSR count). The lowest BCUT2D eigenvalue weighted by Gasteiger charge is -2.04. The van der Waals surface area contributed by atoms with Crippen molar-refractivity contribution >= 4 is 33.9 Å². The fraction of sp³-hybridized carbons (Fsp3) is 0.125. The molecule has 0 atom stereocenters. The Balaban J connectivity index is 2.36. The molecule has 3 aromatic rings. The smallest absolute Gasteiger partial charge is 0.374 e. The van der Waals surface area contributed by atoms with Crippen LogP contribution in [0, 0.1) is 0 Å². The summed E-state index contributed by atoms with van der Waals surface area (Å²) in [4.78, 5) is 47.3. The minimum Gasteiger partial charge on any atom is -0.463 e. The standard InChI is InChI=1S/C16H10O8/c1-21-15(19)13-4-9(17)7-3-8-10(18)5-14(16(20)22-2)24-12(8)6-11(7)23-13/h3-6H,1-2H3. The van der Waals surface area contributed by atoms with Crippen LogP contribution >= 0.6 is 0 Å². The van der Waals surface area contributed by atoms with E-state index in [9.17, 15) is 19.2 Å². The average molecular weight is 330 g/mol. The van der Waals surface area contributed by atoms with Gasteiger partial charge >= 0.3 is 11.9 Å². The van der Waals surface area contributed by atoms with Crippen molar-refractivity contribution in [3.8, 4) is 0 Å². The van der Waals surface area contributed by atoms with Crippen molar-refractivity contribution in [3.63, 3.8) is 0 Å². The first-order valence-corrected chi connectivity index (χ1v) is 6.67. The fourth-order valence-electron chi connectivity index (χ4n) is 2.21. The summed E-state index contributed by atoms with van der Waals surface area (Å²) in [5.41, 5.74) is -1.01. The number of rotatable bonds is 2. The van der Waals surface area contributed by atoms with E-state index in [1.807, 2.05) is 0 Å². The summed E-state index contributed by atoms with van der Waals surface area (Å²) < 4.78 is 19.6. The van der Waals surface area contributed by atoms with Crippen LogP contribution in [0.5, 0.6) is 0 Å². The Morgan fingerprint density at radius 2 is 1.17 bits per heavy atom. The van der Waals surface area contributed by atoms with E-state index < -0.39 is 22.8 Å². The van der Waals surface area contributed by atoms with E-state index in [0.717, 1.165) is 26.4 Å². The summed E-state index contributed by atoms with van der Waals surface area (Å²) in [6, 6.07) is 4.49. The fourth-order valence-corrected chi connectivity index (χ4v) is 2.21. The molecule has 122 valence electrons. The number of carbonyl (C=O) groups is 2. The van der Waals surface area contributed by atoms with Crippen molar-refractivity contribution in [1.29, 1.82) is 0 Å². The Labute approximate surface area is 133 Å². The van der Waals surface area contributed by atoms with Crippen molar-refractivity contribution in [2.24, 2.45) is 0 Å². The van der Waals surface area contributed by atoms with Gasteiger partial charge in [0.05, 0.1) is 25.0 Å². The lowest BCUT2D eigenvalue weighted by atomic mass is 10.1. The number of esters is 2. The third kappa shape index (κ3) is 2.43. The maximum Gasteiger partial charge on any atom is 0.374 e. The minimum absolute atomic E-state index is 0.0144. The highest BCUT2D eigenvalue weighted by molar-refractivity contribution is 5.96. The number of carbonyl (C=O) groups excluding carboxylic acids is 2. The topological polar surface area (TPSA) is 113 Å². The SMILES string of the molecule is COC(=O)c1cc(=O)c2cc3c(=O)cc(C(=O)OC)oc3cc2o1. The van der Waals surface area contributed by atoms with E-state index in [4.69, 9.17) is 8.83 Å². The van der Waals surface area contributed by atoms with Crippen LogP contribution in [-0.4, -0.2) is 26.2 Å². The average Bonchev–Trinajstić information content (AvgIpc) is 2.58. The predicted octanol–water partition coefficient (Wildman–Crippen LogP) is 1.47. The summed E-state index contributed by atoms with van der Waals surface area (Å²) in [5, 5.41) is 0.182. The largest absolute Gasteiger partial charge is 0.463 e. The molecule has 2 heterocycles. The van der Waals surface area contributed by atoms with E-state index in [2.05, 4.69) is 9.47 Å². The van der Waals surface area contributed by atoms with Gasteiger partial charge in [-0.25, -0.2) is 9.59 Å². The molecule has 0 fully saturated rings. The van der Waals surface area contributed by atoms with E-state index in [0.29, 0.717) is 0 Å². The number of ether oxygens (including phenoxy) is 2. The van der Waals surface area contributed by atoms with E-state index >= 15 is 0 Å². The Hall–Kier alpha value is -3.42. The molecule has 0 unspecified atom stereocenters. The third-order valence-electron chi connectivity index (χ3n) is 3.35. The Morgan fingerprint density at radius 1 is 0.750 bits per heavy atom. The lowest BCUT2D eigenvalue weighted by molar-refractivity contribution is 0.0558. The normalized spacial score (nSPS) is 10.8. The molecule has 1 aromatic carbocycles. The second-order valence-electron chi connectivity index (χ2n) is 4.78. The van der Waals surface area contributed by atoms with Crippen LogP contribution in [0.2, 0.25) is 0 Å².